The molecule has 0 aliphatic carbocycles. The third-order valence-corrected chi connectivity index (χ3v) is 3.49. The highest BCUT2D eigenvalue weighted by atomic mass is 16.3. The van der Waals surface area contributed by atoms with Crippen LogP contribution in [-0.2, 0) is 0 Å². The van der Waals surface area contributed by atoms with Gasteiger partial charge in [0.1, 0.15) is 0 Å². The van der Waals surface area contributed by atoms with Crippen molar-refractivity contribution in [3.63, 3.8) is 0 Å². The van der Waals surface area contributed by atoms with Crippen molar-refractivity contribution in [3.8, 4) is 5.88 Å². The summed E-state index contributed by atoms with van der Waals surface area (Å²) < 4.78 is 0. The number of pyridine rings is 1. The Hall–Kier alpha value is -1.82. The van der Waals surface area contributed by atoms with Crippen molar-refractivity contribution in [2.45, 2.75) is 25.3 Å². The molecule has 1 unspecified atom stereocenters. The maximum atomic E-state index is 12.3. The van der Waals surface area contributed by atoms with Crippen molar-refractivity contribution in [2.24, 2.45) is 0 Å². The van der Waals surface area contributed by atoms with Gasteiger partial charge in [-0.3, -0.25) is 14.6 Å². The number of H-pyrrole nitrogens is 1. The average Bonchev–Trinajstić information content (AvgIpc) is 2.64. The van der Waals surface area contributed by atoms with Crippen LogP contribution in [0.15, 0.2) is 16.9 Å². The summed E-state index contributed by atoms with van der Waals surface area (Å²) in [6.45, 7) is 1.87. The highest BCUT2D eigenvalue weighted by Crippen LogP contribution is 2.15. The van der Waals surface area contributed by atoms with Gasteiger partial charge in [-0.05, 0) is 32.4 Å². The van der Waals surface area contributed by atoms with E-state index < -0.39 is 5.56 Å². The molecule has 1 aliphatic heterocycles. The normalized spacial score (nSPS) is 19.7. The Morgan fingerprint density at radius 3 is 2.89 bits per heavy atom. The summed E-state index contributed by atoms with van der Waals surface area (Å²) >= 11 is 0. The van der Waals surface area contributed by atoms with Crippen molar-refractivity contribution in [2.75, 3.05) is 20.1 Å². The van der Waals surface area contributed by atoms with Crippen LogP contribution in [-0.4, -0.2) is 47.1 Å². The van der Waals surface area contributed by atoms with E-state index in [1.807, 2.05) is 0 Å². The molecule has 1 atom stereocenters. The lowest BCUT2D eigenvalue weighted by Crippen LogP contribution is -2.38. The van der Waals surface area contributed by atoms with E-state index in [9.17, 15) is 14.7 Å². The smallest absolute Gasteiger partial charge is 0.254 e. The Kier molecular flexibility index (Phi) is 4.21. The van der Waals surface area contributed by atoms with Crippen LogP contribution in [0.5, 0.6) is 5.88 Å². The fourth-order valence-electron chi connectivity index (χ4n) is 2.41. The van der Waals surface area contributed by atoms with Crippen LogP contribution in [0.2, 0.25) is 0 Å². The zero-order chi connectivity index (χ0) is 13.8. The molecule has 1 aromatic heterocycles. The molecule has 0 bridgehead atoms. The molecule has 1 aromatic rings. The molecule has 6 nitrogen and oxygen atoms in total. The Morgan fingerprint density at radius 2 is 2.16 bits per heavy atom. The summed E-state index contributed by atoms with van der Waals surface area (Å²) in [5.41, 5.74) is -0.250. The van der Waals surface area contributed by atoms with E-state index in [1.165, 1.54) is 12.1 Å². The van der Waals surface area contributed by atoms with Crippen molar-refractivity contribution >= 4 is 5.91 Å². The minimum atomic E-state index is -0.473. The maximum Gasteiger partial charge on any atom is 0.254 e. The van der Waals surface area contributed by atoms with E-state index in [0.29, 0.717) is 0 Å². The number of carbonyl (C=O) groups excluding carboxylic acids is 1. The monoisotopic (exact) mass is 265 g/mol. The van der Waals surface area contributed by atoms with Crippen LogP contribution in [0.1, 0.15) is 29.6 Å². The quantitative estimate of drug-likeness (QED) is 0.717. The second-order valence-electron chi connectivity index (χ2n) is 4.87. The van der Waals surface area contributed by atoms with E-state index in [1.54, 1.807) is 11.9 Å². The molecule has 0 saturated carbocycles. The molecular formula is C13H19N3O3. The van der Waals surface area contributed by atoms with Gasteiger partial charge in [-0.1, -0.05) is 0 Å². The molecule has 0 radical (unpaired) electrons. The number of nitrogens with zero attached hydrogens (tertiary/aromatic N) is 1. The minimum Gasteiger partial charge on any atom is -0.494 e. The lowest BCUT2D eigenvalue weighted by atomic mass is 10.1. The lowest BCUT2D eigenvalue weighted by molar-refractivity contribution is 0.0719. The largest absolute Gasteiger partial charge is 0.494 e. The number of amides is 1. The summed E-state index contributed by atoms with van der Waals surface area (Å²) in [5, 5.41) is 12.6. The first-order valence-corrected chi connectivity index (χ1v) is 6.49. The molecule has 104 valence electrons. The number of aromatic nitrogens is 1. The van der Waals surface area contributed by atoms with Gasteiger partial charge in [0.2, 0.25) is 0 Å². The highest BCUT2D eigenvalue weighted by Gasteiger charge is 2.22. The number of carbonyl (C=O) groups is 1. The number of aromatic amines is 1. The number of hydrogen-bond donors (Lipinski definition) is 3. The van der Waals surface area contributed by atoms with Crippen LogP contribution in [0.25, 0.3) is 0 Å². The molecule has 19 heavy (non-hydrogen) atoms. The third kappa shape index (κ3) is 3.35. The number of rotatable bonds is 2. The van der Waals surface area contributed by atoms with E-state index in [-0.39, 0.29) is 23.4 Å². The van der Waals surface area contributed by atoms with Gasteiger partial charge in [-0.2, -0.15) is 0 Å². The second-order valence-corrected chi connectivity index (χ2v) is 4.87. The molecule has 1 aliphatic rings. The Morgan fingerprint density at radius 1 is 1.37 bits per heavy atom. The van der Waals surface area contributed by atoms with Crippen LogP contribution in [0, 0.1) is 0 Å². The molecule has 1 fully saturated rings. The first-order valence-electron chi connectivity index (χ1n) is 6.49. The molecule has 1 amide bonds. The third-order valence-electron chi connectivity index (χ3n) is 3.49. The van der Waals surface area contributed by atoms with Crippen molar-refractivity contribution in [1.82, 2.24) is 15.2 Å². The SMILES string of the molecule is CN(C(=O)c1cc(O)[nH]c(=O)c1)C1CCCNCC1. The molecule has 0 aromatic carbocycles. The predicted molar refractivity (Wildman–Crippen MR) is 71.3 cm³/mol. The summed E-state index contributed by atoms with van der Waals surface area (Å²) in [6, 6.07) is 2.67. The predicted octanol–water partition coefficient (Wildman–Crippen LogP) is 0.295. The number of nitrogens with one attached hydrogen (secondary N) is 2. The molecule has 0 spiro atoms. The summed E-state index contributed by atoms with van der Waals surface area (Å²) in [6.07, 6.45) is 2.88. The van der Waals surface area contributed by atoms with Crippen LogP contribution < -0.4 is 10.9 Å². The topological polar surface area (TPSA) is 85.4 Å². The van der Waals surface area contributed by atoms with Gasteiger partial charge < -0.3 is 15.3 Å². The first kappa shape index (κ1) is 13.6. The van der Waals surface area contributed by atoms with Crippen molar-refractivity contribution in [1.29, 1.82) is 0 Å². The van der Waals surface area contributed by atoms with Crippen molar-refractivity contribution < 1.29 is 9.90 Å². The molecule has 2 heterocycles. The van der Waals surface area contributed by atoms with Crippen LogP contribution >= 0.6 is 0 Å². The molecule has 6 heteroatoms. The van der Waals surface area contributed by atoms with Gasteiger partial charge in [0, 0.05) is 25.2 Å². The van der Waals surface area contributed by atoms with Crippen LogP contribution in [0.4, 0.5) is 0 Å². The number of hydrogen-bond acceptors (Lipinski definition) is 4. The van der Waals surface area contributed by atoms with Gasteiger partial charge in [0.25, 0.3) is 11.5 Å². The first-order chi connectivity index (χ1) is 9.08. The maximum absolute atomic E-state index is 12.3. The highest BCUT2D eigenvalue weighted by molar-refractivity contribution is 5.94. The Labute approximate surface area is 111 Å². The Bertz CT molecular complexity index is 504. The molecule has 3 N–H and O–H groups in total. The standard InChI is InChI=1S/C13H19N3O3/c1-16(10-3-2-5-14-6-4-10)13(19)9-7-11(17)15-12(18)8-9/h7-8,10,14H,2-6H2,1H3,(H2,15,17,18). The fraction of sp³-hybridized carbons (Fsp3) is 0.538. The zero-order valence-corrected chi connectivity index (χ0v) is 11.0. The lowest BCUT2D eigenvalue weighted by Gasteiger charge is -2.27. The number of aromatic hydroxyl groups is 1. The van der Waals surface area contributed by atoms with Gasteiger partial charge in [0.15, 0.2) is 5.88 Å². The second kappa shape index (κ2) is 5.88. The van der Waals surface area contributed by atoms with E-state index in [2.05, 4.69) is 10.3 Å². The van der Waals surface area contributed by atoms with E-state index >= 15 is 0 Å². The van der Waals surface area contributed by atoms with E-state index in [0.717, 1.165) is 32.4 Å². The van der Waals surface area contributed by atoms with Crippen molar-refractivity contribution in [3.05, 3.63) is 28.0 Å². The molecule has 2 rings (SSSR count). The molecule has 1 saturated heterocycles. The van der Waals surface area contributed by atoms with Gasteiger partial charge in [-0.25, -0.2) is 0 Å². The minimum absolute atomic E-state index is 0.170. The summed E-state index contributed by atoms with van der Waals surface area (Å²) in [4.78, 5) is 27.5. The fourth-order valence-corrected chi connectivity index (χ4v) is 2.41. The zero-order valence-electron chi connectivity index (χ0n) is 11.0. The van der Waals surface area contributed by atoms with Crippen LogP contribution in [0.3, 0.4) is 0 Å². The van der Waals surface area contributed by atoms with Gasteiger partial charge in [0.05, 0.1) is 5.56 Å². The average molecular weight is 265 g/mol. The Balaban J connectivity index is 2.15. The summed E-state index contributed by atoms with van der Waals surface area (Å²) in [5.74, 6) is -0.514. The van der Waals surface area contributed by atoms with E-state index in [4.69, 9.17) is 0 Å². The van der Waals surface area contributed by atoms with Gasteiger partial charge in [-0.15, -0.1) is 0 Å². The molecular weight excluding hydrogens is 246 g/mol. The summed E-state index contributed by atoms with van der Waals surface area (Å²) in [7, 11) is 1.75. The van der Waals surface area contributed by atoms with Gasteiger partial charge >= 0.3 is 0 Å².